The molecular formula is C15H21NO2. The van der Waals surface area contributed by atoms with Gasteiger partial charge in [-0.2, -0.15) is 0 Å². The Bertz CT molecular complexity index is 409. The van der Waals surface area contributed by atoms with E-state index in [1.165, 1.54) is 0 Å². The summed E-state index contributed by atoms with van der Waals surface area (Å²) in [6.45, 7) is 2.03. The van der Waals surface area contributed by atoms with Crippen molar-refractivity contribution in [3.05, 3.63) is 29.8 Å². The van der Waals surface area contributed by atoms with Crippen molar-refractivity contribution in [1.82, 2.24) is 0 Å². The summed E-state index contributed by atoms with van der Waals surface area (Å²) in [4.78, 5) is 12.1. The van der Waals surface area contributed by atoms with Crippen LogP contribution in [0.3, 0.4) is 0 Å². The SMILES string of the molecule is COC1CCC(C(=O)Nc2cccc(C)c2)CC1. The van der Waals surface area contributed by atoms with Crippen LogP contribution in [0.2, 0.25) is 0 Å². The van der Waals surface area contributed by atoms with Crippen LogP contribution >= 0.6 is 0 Å². The Morgan fingerprint density at radius 3 is 2.61 bits per heavy atom. The fourth-order valence-electron chi connectivity index (χ4n) is 2.53. The predicted octanol–water partition coefficient (Wildman–Crippen LogP) is 3.14. The van der Waals surface area contributed by atoms with Crippen LogP contribution in [0.4, 0.5) is 5.69 Å². The Kier molecular flexibility index (Phi) is 4.37. The minimum atomic E-state index is 0.136. The number of carbonyl (C=O) groups excluding carboxylic acids is 1. The third-order valence-electron chi connectivity index (χ3n) is 3.66. The first-order valence-corrected chi connectivity index (χ1v) is 6.59. The molecule has 0 bridgehead atoms. The smallest absolute Gasteiger partial charge is 0.227 e. The number of aryl methyl sites for hydroxylation is 1. The largest absolute Gasteiger partial charge is 0.381 e. The summed E-state index contributed by atoms with van der Waals surface area (Å²) in [5, 5.41) is 3.01. The van der Waals surface area contributed by atoms with Gasteiger partial charge in [-0.25, -0.2) is 0 Å². The number of carbonyl (C=O) groups is 1. The van der Waals surface area contributed by atoms with E-state index in [0.29, 0.717) is 6.10 Å². The molecule has 1 fully saturated rings. The lowest BCUT2D eigenvalue weighted by Crippen LogP contribution is -2.29. The zero-order chi connectivity index (χ0) is 13.0. The Balaban J connectivity index is 1.89. The molecule has 1 N–H and O–H groups in total. The lowest BCUT2D eigenvalue weighted by Gasteiger charge is -2.26. The van der Waals surface area contributed by atoms with E-state index in [1.54, 1.807) is 7.11 Å². The molecule has 3 nitrogen and oxygen atoms in total. The minimum absolute atomic E-state index is 0.136. The molecule has 0 saturated heterocycles. The van der Waals surface area contributed by atoms with Crippen molar-refractivity contribution in [3.8, 4) is 0 Å². The highest BCUT2D eigenvalue weighted by Gasteiger charge is 2.26. The Morgan fingerprint density at radius 1 is 1.28 bits per heavy atom. The summed E-state index contributed by atoms with van der Waals surface area (Å²) in [7, 11) is 1.75. The molecule has 3 heteroatoms. The van der Waals surface area contributed by atoms with E-state index in [9.17, 15) is 4.79 Å². The average molecular weight is 247 g/mol. The summed E-state index contributed by atoms with van der Waals surface area (Å²) >= 11 is 0. The van der Waals surface area contributed by atoms with Crippen LogP contribution in [-0.2, 0) is 9.53 Å². The first kappa shape index (κ1) is 13.1. The zero-order valence-corrected chi connectivity index (χ0v) is 11.1. The fourth-order valence-corrected chi connectivity index (χ4v) is 2.53. The third-order valence-corrected chi connectivity index (χ3v) is 3.66. The van der Waals surface area contributed by atoms with Gasteiger partial charge in [0.15, 0.2) is 0 Å². The first-order chi connectivity index (χ1) is 8.69. The zero-order valence-electron chi connectivity index (χ0n) is 11.1. The maximum absolute atomic E-state index is 12.1. The van der Waals surface area contributed by atoms with Gasteiger partial charge in [0.2, 0.25) is 5.91 Å². The van der Waals surface area contributed by atoms with E-state index in [-0.39, 0.29) is 11.8 Å². The molecule has 1 saturated carbocycles. The van der Waals surface area contributed by atoms with E-state index < -0.39 is 0 Å². The van der Waals surface area contributed by atoms with Gasteiger partial charge in [0.05, 0.1) is 6.10 Å². The number of methoxy groups -OCH3 is 1. The molecule has 0 aliphatic heterocycles. The second kappa shape index (κ2) is 6.01. The number of amides is 1. The van der Waals surface area contributed by atoms with E-state index in [1.807, 2.05) is 31.2 Å². The summed E-state index contributed by atoms with van der Waals surface area (Å²) in [5.41, 5.74) is 2.06. The third kappa shape index (κ3) is 3.33. The molecule has 0 aromatic heterocycles. The number of hydrogen-bond donors (Lipinski definition) is 1. The van der Waals surface area contributed by atoms with Gasteiger partial charge in [-0.05, 0) is 50.3 Å². The number of hydrogen-bond acceptors (Lipinski definition) is 2. The number of rotatable bonds is 3. The van der Waals surface area contributed by atoms with Crippen LogP contribution < -0.4 is 5.32 Å². The van der Waals surface area contributed by atoms with Gasteiger partial charge in [0.1, 0.15) is 0 Å². The second-order valence-electron chi connectivity index (χ2n) is 5.07. The van der Waals surface area contributed by atoms with Crippen LogP contribution in [-0.4, -0.2) is 19.1 Å². The van der Waals surface area contributed by atoms with Crippen molar-refractivity contribution in [3.63, 3.8) is 0 Å². The van der Waals surface area contributed by atoms with Crippen LogP contribution in [0, 0.1) is 12.8 Å². The summed E-state index contributed by atoms with van der Waals surface area (Å²) in [5.74, 6) is 0.284. The Hall–Kier alpha value is -1.35. The number of anilines is 1. The maximum Gasteiger partial charge on any atom is 0.227 e. The molecule has 98 valence electrons. The molecule has 0 atom stereocenters. The molecule has 0 radical (unpaired) electrons. The quantitative estimate of drug-likeness (QED) is 0.891. The molecule has 1 aliphatic rings. The predicted molar refractivity (Wildman–Crippen MR) is 72.6 cm³/mol. The lowest BCUT2D eigenvalue weighted by molar-refractivity contribution is -0.121. The van der Waals surface area contributed by atoms with Crippen molar-refractivity contribution in [2.45, 2.75) is 38.7 Å². The van der Waals surface area contributed by atoms with Crippen LogP contribution in [0.5, 0.6) is 0 Å². The normalized spacial score (nSPS) is 23.7. The summed E-state index contributed by atoms with van der Waals surface area (Å²) in [6, 6.07) is 7.93. The molecular weight excluding hydrogens is 226 g/mol. The Labute approximate surface area is 109 Å². The summed E-state index contributed by atoms with van der Waals surface area (Å²) < 4.78 is 5.32. The number of nitrogens with one attached hydrogen (secondary N) is 1. The van der Waals surface area contributed by atoms with Crippen LogP contribution in [0.1, 0.15) is 31.2 Å². The molecule has 2 rings (SSSR count). The second-order valence-corrected chi connectivity index (χ2v) is 5.07. The average Bonchev–Trinajstić information content (AvgIpc) is 2.39. The van der Waals surface area contributed by atoms with Gasteiger partial charge in [-0.15, -0.1) is 0 Å². The number of benzene rings is 1. The highest BCUT2D eigenvalue weighted by Crippen LogP contribution is 2.27. The first-order valence-electron chi connectivity index (χ1n) is 6.59. The standard InChI is InChI=1S/C15H21NO2/c1-11-4-3-5-13(10-11)16-15(17)12-6-8-14(18-2)9-7-12/h3-5,10,12,14H,6-9H2,1-2H3,(H,16,17). The monoisotopic (exact) mass is 247 g/mol. The van der Waals surface area contributed by atoms with Gasteiger partial charge in [-0.1, -0.05) is 12.1 Å². The molecule has 0 spiro atoms. The Morgan fingerprint density at radius 2 is 2.00 bits per heavy atom. The van der Waals surface area contributed by atoms with E-state index >= 15 is 0 Å². The van der Waals surface area contributed by atoms with E-state index in [0.717, 1.165) is 36.9 Å². The fraction of sp³-hybridized carbons (Fsp3) is 0.533. The molecule has 1 aromatic carbocycles. The highest BCUT2D eigenvalue weighted by molar-refractivity contribution is 5.92. The van der Waals surface area contributed by atoms with Gasteiger partial charge in [0, 0.05) is 18.7 Å². The van der Waals surface area contributed by atoms with Gasteiger partial charge < -0.3 is 10.1 Å². The number of ether oxygens (including phenoxy) is 1. The molecule has 1 aliphatic carbocycles. The van der Waals surface area contributed by atoms with Crippen molar-refractivity contribution in [1.29, 1.82) is 0 Å². The van der Waals surface area contributed by atoms with Crippen molar-refractivity contribution >= 4 is 11.6 Å². The van der Waals surface area contributed by atoms with E-state index in [2.05, 4.69) is 5.32 Å². The van der Waals surface area contributed by atoms with Crippen molar-refractivity contribution in [2.75, 3.05) is 12.4 Å². The van der Waals surface area contributed by atoms with Crippen LogP contribution in [0.25, 0.3) is 0 Å². The van der Waals surface area contributed by atoms with Crippen molar-refractivity contribution < 1.29 is 9.53 Å². The molecule has 0 unspecified atom stereocenters. The van der Waals surface area contributed by atoms with E-state index in [4.69, 9.17) is 4.74 Å². The van der Waals surface area contributed by atoms with Crippen LogP contribution in [0.15, 0.2) is 24.3 Å². The maximum atomic E-state index is 12.1. The van der Waals surface area contributed by atoms with Gasteiger partial charge >= 0.3 is 0 Å². The van der Waals surface area contributed by atoms with Gasteiger partial charge in [0.25, 0.3) is 0 Å². The topological polar surface area (TPSA) is 38.3 Å². The van der Waals surface area contributed by atoms with Gasteiger partial charge in [-0.3, -0.25) is 4.79 Å². The highest BCUT2D eigenvalue weighted by atomic mass is 16.5. The molecule has 1 amide bonds. The lowest BCUT2D eigenvalue weighted by atomic mass is 9.87. The molecule has 0 heterocycles. The summed E-state index contributed by atoms with van der Waals surface area (Å²) in [6.07, 6.45) is 4.17. The minimum Gasteiger partial charge on any atom is -0.381 e. The molecule has 1 aromatic rings. The van der Waals surface area contributed by atoms with Crippen molar-refractivity contribution in [2.24, 2.45) is 5.92 Å². The molecule has 18 heavy (non-hydrogen) atoms.